The van der Waals surface area contributed by atoms with Crippen LogP contribution in [-0.4, -0.2) is 49.5 Å². The highest BCUT2D eigenvalue weighted by Crippen LogP contribution is 2.50. The number of amides is 2. The fraction of sp³-hybridized carbons (Fsp3) is 0.500. The SMILES string of the molecule is COc1ncccc1Cn1cc(NC(=O)[C@@H](NC(=O)c2ccnn2C(C)C)C(C2CC2)C2CC2)cn1. The second-order valence-electron chi connectivity index (χ2n) is 10.0. The predicted molar refractivity (Wildman–Crippen MR) is 134 cm³/mol. The molecule has 0 spiro atoms. The van der Waals surface area contributed by atoms with Crippen LogP contribution < -0.4 is 15.4 Å². The molecule has 2 N–H and O–H groups in total. The number of carbonyl (C=O) groups is 2. The van der Waals surface area contributed by atoms with Gasteiger partial charge in [-0.05, 0) is 69.4 Å². The van der Waals surface area contributed by atoms with E-state index in [0.29, 0.717) is 35.6 Å². The van der Waals surface area contributed by atoms with Crippen molar-refractivity contribution in [2.45, 2.75) is 58.2 Å². The minimum atomic E-state index is -0.616. The third-order valence-corrected chi connectivity index (χ3v) is 6.96. The average molecular weight is 492 g/mol. The van der Waals surface area contributed by atoms with Crippen molar-refractivity contribution in [3.63, 3.8) is 0 Å². The summed E-state index contributed by atoms with van der Waals surface area (Å²) in [5, 5.41) is 14.7. The number of ether oxygens (including phenoxy) is 1. The Bertz CT molecular complexity index is 1210. The van der Waals surface area contributed by atoms with Gasteiger partial charge in [0.25, 0.3) is 5.91 Å². The number of hydrogen-bond acceptors (Lipinski definition) is 6. The van der Waals surface area contributed by atoms with Crippen LogP contribution in [0, 0.1) is 17.8 Å². The molecule has 2 aliphatic carbocycles. The third kappa shape index (κ3) is 5.27. The summed E-state index contributed by atoms with van der Waals surface area (Å²) >= 11 is 0. The van der Waals surface area contributed by atoms with Crippen LogP contribution in [0.1, 0.15) is 61.6 Å². The van der Waals surface area contributed by atoms with E-state index in [-0.39, 0.29) is 23.8 Å². The summed E-state index contributed by atoms with van der Waals surface area (Å²) in [6.07, 6.45) is 11.1. The summed E-state index contributed by atoms with van der Waals surface area (Å²) in [4.78, 5) is 31.1. The number of nitrogens with zero attached hydrogens (tertiary/aromatic N) is 5. The van der Waals surface area contributed by atoms with Crippen LogP contribution in [0.25, 0.3) is 0 Å². The van der Waals surface area contributed by atoms with Crippen molar-refractivity contribution in [3.05, 3.63) is 54.2 Å². The van der Waals surface area contributed by atoms with Gasteiger partial charge in [-0.25, -0.2) is 4.98 Å². The maximum atomic E-state index is 13.6. The van der Waals surface area contributed by atoms with Crippen LogP contribution in [0.4, 0.5) is 5.69 Å². The Morgan fingerprint density at radius 3 is 2.53 bits per heavy atom. The molecular weight excluding hydrogens is 458 g/mol. The van der Waals surface area contributed by atoms with Gasteiger partial charge in [0, 0.05) is 30.2 Å². The summed E-state index contributed by atoms with van der Waals surface area (Å²) in [5.41, 5.74) is 1.93. The van der Waals surface area contributed by atoms with E-state index < -0.39 is 6.04 Å². The van der Waals surface area contributed by atoms with Crippen LogP contribution in [0.3, 0.4) is 0 Å². The number of rotatable bonds is 11. The van der Waals surface area contributed by atoms with Crippen molar-refractivity contribution < 1.29 is 14.3 Å². The lowest BCUT2D eigenvalue weighted by Gasteiger charge is -2.27. The standard InChI is InChI=1S/C26H33N7O3/c1-16(2)33-21(10-12-28-33)24(34)31-23(22(17-6-7-17)18-8-9-18)25(35)30-20-13-29-32(15-20)14-19-5-4-11-27-26(19)36-3/h4-5,10-13,15-18,22-23H,6-9,14H2,1-3H3,(H,30,35)(H,31,34)/t23-/m0/s1. The van der Waals surface area contributed by atoms with E-state index in [1.807, 2.05) is 26.0 Å². The van der Waals surface area contributed by atoms with Crippen molar-refractivity contribution in [1.29, 1.82) is 0 Å². The Hall–Kier alpha value is -3.69. The molecule has 2 saturated carbocycles. The van der Waals surface area contributed by atoms with E-state index in [1.54, 1.807) is 47.3 Å². The molecule has 5 rings (SSSR count). The molecule has 2 fully saturated rings. The zero-order valence-corrected chi connectivity index (χ0v) is 20.9. The van der Waals surface area contributed by atoms with Gasteiger partial charge in [0.2, 0.25) is 11.8 Å². The fourth-order valence-electron chi connectivity index (χ4n) is 4.99. The monoisotopic (exact) mass is 491 g/mol. The molecule has 2 aliphatic rings. The second kappa shape index (κ2) is 10.1. The molecule has 0 aromatic carbocycles. The maximum Gasteiger partial charge on any atom is 0.270 e. The Morgan fingerprint density at radius 1 is 1.11 bits per heavy atom. The van der Waals surface area contributed by atoms with E-state index in [0.717, 1.165) is 31.2 Å². The summed E-state index contributed by atoms with van der Waals surface area (Å²) in [6.45, 7) is 4.41. The highest BCUT2D eigenvalue weighted by molar-refractivity contribution is 6.00. The quantitative estimate of drug-likeness (QED) is 0.425. The Balaban J connectivity index is 1.32. The van der Waals surface area contributed by atoms with Gasteiger partial charge in [-0.1, -0.05) is 6.07 Å². The normalized spacial score (nSPS) is 16.2. The highest BCUT2D eigenvalue weighted by atomic mass is 16.5. The van der Waals surface area contributed by atoms with Crippen LogP contribution in [0.5, 0.6) is 5.88 Å². The topological polar surface area (TPSA) is 116 Å². The molecule has 3 heterocycles. The minimum absolute atomic E-state index is 0.0416. The molecule has 0 radical (unpaired) electrons. The predicted octanol–water partition coefficient (Wildman–Crippen LogP) is 3.29. The molecule has 190 valence electrons. The Kier molecular flexibility index (Phi) is 6.75. The van der Waals surface area contributed by atoms with Crippen LogP contribution in [0.2, 0.25) is 0 Å². The summed E-state index contributed by atoms with van der Waals surface area (Å²) in [7, 11) is 1.58. The van der Waals surface area contributed by atoms with Gasteiger partial charge in [-0.3, -0.25) is 19.0 Å². The first kappa shape index (κ1) is 24.0. The lowest BCUT2D eigenvalue weighted by atomic mass is 9.88. The Labute approximate surface area is 210 Å². The Morgan fingerprint density at radius 2 is 1.86 bits per heavy atom. The number of aromatic nitrogens is 5. The average Bonchev–Trinajstić information content (AvgIpc) is 3.79. The smallest absolute Gasteiger partial charge is 0.270 e. The molecule has 10 nitrogen and oxygen atoms in total. The number of hydrogen-bond donors (Lipinski definition) is 2. The number of methoxy groups -OCH3 is 1. The number of carbonyl (C=O) groups excluding carboxylic acids is 2. The lowest BCUT2D eigenvalue weighted by molar-refractivity contribution is -0.119. The van der Waals surface area contributed by atoms with Crippen molar-refractivity contribution in [3.8, 4) is 5.88 Å². The second-order valence-corrected chi connectivity index (χ2v) is 10.0. The molecule has 3 aromatic heterocycles. The van der Waals surface area contributed by atoms with E-state index in [2.05, 4.69) is 25.8 Å². The molecule has 1 atom stereocenters. The van der Waals surface area contributed by atoms with Crippen LogP contribution in [-0.2, 0) is 11.3 Å². The molecule has 0 saturated heterocycles. The van der Waals surface area contributed by atoms with Gasteiger partial charge in [-0.15, -0.1) is 0 Å². The number of anilines is 1. The van der Waals surface area contributed by atoms with Crippen molar-refractivity contribution in [1.82, 2.24) is 29.9 Å². The van der Waals surface area contributed by atoms with Crippen molar-refractivity contribution >= 4 is 17.5 Å². The molecule has 2 amide bonds. The molecule has 3 aromatic rings. The van der Waals surface area contributed by atoms with E-state index >= 15 is 0 Å². The molecule has 0 aliphatic heterocycles. The molecule has 0 bridgehead atoms. The van der Waals surface area contributed by atoms with E-state index in [4.69, 9.17) is 4.74 Å². The van der Waals surface area contributed by atoms with Gasteiger partial charge in [-0.2, -0.15) is 10.2 Å². The van der Waals surface area contributed by atoms with Gasteiger partial charge >= 0.3 is 0 Å². The van der Waals surface area contributed by atoms with Gasteiger partial charge in [0.05, 0.1) is 25.5 Å². The van der Waals surface area contributed by atoms with Crippen LogP contribution in [0.15, 0.2) is 43.0 Å². The van der Waals surface area contributed by atoms with Gasteiger partial charge in [0.15, 0.2) is 0 Å². The maximum absolute atomic E-state index is 13.6. The number of nitrogens with one attached hydrogen (secondary N) is 2. The summed E-state index contributed by atoms with van der Waals surface area (Å²) in [6, 6.07) is 4.90. The van der Waals surface area contributed by atoms with Crippen LogP contribution >= 0.6 is 0 Å². The summed E-state index contributed by atoms with van der Waals surface area (Å²) < 4.78 is 8.74. The first-order valence-corrected chi connectivity index (χ1v) is 12.6. The zero-order valence-electron chi connectivity index (χ0n) is 20.9. The van der Waals surface area contributed by atoms with E-state index in [1.165, 1.54) is 0 Å². The lowest BCUT2D eigenvalue weighted by Crippen LogP contribution is -2.50. The highest BCUT2D eigenvalue weighted by Gasteiger charge is 2.48. The molecule has 0 unspecified atom stereocenters. The van der Waals surface area contributed by atoms with Gasteiger partial charge < -0.3 is 15.4 Å². The minimum Gasteiger partial charge on any atom is -0.481 e. The first-order chi connectivity index (χ1) is 17.4. The fourth-order valence-corrected chi connectivity index (χ4v) is 4.99. The van der Waals surface area contributed by atoms with Crippen molar-refractivity contribution in [2.75, 3.05) is 12.4 Å². The summed E-state index contributed by atoms with van der Waals surface area (Å²) in [5.74, 6) is 1.15. The molecule has 10 heteroatoms. The largest absolute Gasteiger partial charge is 0.481 e. The van der Waals surface area contributed by atoms with Crippen molar-refractivity contribution in [2.24, 2.45) is 17.8 Å². The van der Waals surface area contributed by atoms with E-state index in [9.17, 15) is 9.59 Å². The van der Waals surface area contributed by atoms with Gasteiger partial charge in [0.1, 0.15) is 11.7 Å². The zero-order chi connectivity index (χ0) is 25.2. The first-order valence-electron chi connectivity index (χ1n) is 12.6. The molecular formula is C26H33N7O3. The number of pyridine rings is 1. The third-order valence-electron chi connectivity index (χ3n) is 6.96. The molecule has 36 heavy (non-hydrogen) atoms.